The molecule has 0 aliphatic heterocycles. The summed E-state index contributed by atoms with van der Waals surface area (Å²) < 4.78 is 0. The Morgan fingerprint density at radius 1 is 0.615 bits per heavy atom. The van der Waals surface area contributed by atoms with Gasteiger partial charge in [-0.25, -0.2) is 0 Å². The van der Waals surface area contributed by atoms with E-state index in [0.29, 0.717) is 0 Å². The van der Waals surface area contributed by atoms with Crippen LogP contribution in [-0.4, -0.2) is 0 Å². The largest absolute Gasteiger partial charge is 0.0776 e. The van der Waals surface area contributed by atoms with E-state index in [1.807, 2.05) is 27.7 Å². The maximum absolute atomic E-state index is 2.12. The molecule has 0 amide bonds. The standard InChI is InChI=1S/C8H10.2C2H6.CH4/c1-7-3-5-8(2)6-4-7;2*1-2;/h3-6H,1-2H3;2*1-2H3;1H4. The van der Waals surface area contributed by atoms with Crippen molar-refractivity contribution in [3.8, 4) is 0 Å². The Kier molecular flexibility index (Phi) is 19.2. The lowest BCUT2D eigenvalue weighted by molar-refractivity contribution is 1.40. The van der Waals surface area contributed by atoms with E-state index in [4.69, 9.17) is 0 Å². The molecule has 0 N–H and O–H groups in total. The van der Waals surface area contributed by atoms with Crippen LogP contribution in [0.1, 0.15) is 46.2 Å². The SMILES string of the molecule is C.CC.CC.Cc1ccc(C)cc1. The van der Waals surface area contributed by atoms with Crippen LogP contribution in [0.25, 0.3) is 0 Å². The average molecular weight is 182 g/mol. The molecule has 0 radical (unpaired) electrons. The quantitative estimate of drug-likeness (QED) is 0.530. The van der Waals surface area contributed by atoms with E-state index in [0.717, 1.165) is 0 Å². The summed E-state index contributed by atoms with van der Waals surface area (Å²) >= 11 is 0. The molecule has 0 saturated carbocycles. The Labute approximate surface area is 85.0 Å². The van der Waals surface area contributed by atoms with Crippen LogP contribution in [0.3, 0.4) is 0 Å². The lowest BCUT2D eigenvalue weighted by Gasteiger charge is -1.90. The summed E-state index contributed by atoms with van der Waals surface area (Å²) in [5.74, 6) is 0. The molecule has 0 bridgehead atoms. The highest BCUT2D eigenvalue weighted by atomic mass is 13.9. The van der Waals surface area contributed by atoms with Gasteiger partial charge in [-0.2, -0.15) is 0 Å². The lowest BCUT2D eigenvalue weighted by atomic mass is 10.2. The molecular formula is C13H26. The highest BCUT2D eigenvalue weighted by molar-refractivity contribution is 5.19. The number of benzene rings is 1. The zero-order valence-electron chi connectivity index (χ0n) is 9.31. The fraction of sp³-hybridized carbons (Fsp3) is 0.538. The van der Waals surface area contributed by atoms with Crippen molar-refractivity contribution in [1.29, 1.82) is 0 Å². The smallest absolute Gasteiger partial charge is 0.0398 e. The van der Waals surface area contributed by atoms with Crippen LogP contribution in [-0.2, 0) is 0 Å². The third-order valence-electron chi connectivity index (χ3n) is 1.22. The Morgan fingerprint density at radius 3 is 0.923 bits per heavy atom. The summed E-state index contributed by atoms with van der Waals surface area (Å²) in [6.45, 7) is 12.2. The molecule has 78 valence electrons. The first-order valence-corrected chi connectivity index (χ1v) is 4.82. The molecule has 1 aromatic rings. The summed E-state index contributed by atoms with van der Waals surface area (Å²) in [6, 6.07) is 8.48. The van der Waals surface area contributed by atoms with E-state index in [-0.39, 0.29) is 7.43 Å². The molecule has 0 unspecified atom stereocenters. The zero-order chi connectivity index (χ0) is 9.98. The number of rotatable bonds is 0. The first-order valence-electron chi connectivity index (χ1n) is 4.82. The minimum Gasteiger partial charge on any atom is -0.0776 e. The minimum atomic E-state index is 0. The van der Waals surface area contributed by atoms with Gasteiger partial charge in [-0.05, 0) is 13.8 Å². The molecule has 1 aromatic carbocycles. The number of hydrogen-bond donors (Lipinski definition) is 0. The van der Waals surface area contributed by atoms with E-state index in [9.17, 15) is 0 Å². The van der Waals surface area contributed by atoms with Gasteiger partial charge in [0.15, 0.2) is 0 Å². The van der Waals surface area contributed by atoms with Crippen molar-refractivity contribution in [3.05, 3.63) is 35.4 Å². The summed E-state index contributed by atoms with van der Waals surface area (Å²) in [5.41, 5.74) is 2.66. The van der Waals surface area contributed by atoms with Gasteiger partial charge < -0.3 is 0 Å². The van der Waals surface area contributed by atoms with Crippen molar-refractivity contribution in [3.63, 3.8) is 0 Å². The Bertz CT molecular complexity index is 139. The minimum absolute atomic E-state index is 0. The second-order valence-electron chi connectivity index (χ2n) is 2.15. The van der Waals surface area contributed by atoms with Gasteiger partial charge >= 0.3 is 0 Å². The van der Waals surface area contributed by atoms with Crippen LogP contribution in [0, 0.1) is 13.8 Å². The molecule has 0 heteroatoms. The van der Waals surface area contributed by atoms with Crippen LogP contribution < -0.4 is 0 Å². The van der Waals surface area contributed by atoms with Crippen LogP contribution in [0.4, 0.5) is 0 Å². The van der Waals surface area contributed by atoms with Gasteiger partial charge in [0.1, 0.15) is 0 Å². The molecule has 0 nitrogen and oxygen atoms in total. The van der Waals surface area contributed by atoms with Gasteiger partial charge in [-0.15, -0.1) is 0 Å². The predicted molar refractivity (Wildman–Crippen MR) is 65.3 cm³/mol. The van der Waals surface area contributed by atoms with Crippen molar-refractivity contribution in [2.24, 2.45) is 0 Å². The molecule has 0 aliphatic rings. The lowest BCUT2D eigenvalue weighted by Crippen LogP contribution is -1.70. The fourth-order valence-electron chi connectivity index (χ4n) is 0.637. The predicted octanol–water partition coefficient (Wildman–Crippen LogP) is 4.99. The monoisotopic (exact) mass is 182 g/mol. The molecular weight excluding hydrogens is 156 g/mol. The summed E-state index contributed by atoms with van der Waals surface area (Å²) in [4.78, 5) is 0. The van der Waals surface area contributed by atoms with Gasteiger partial charge in [0.2, 0.25) is 0 Å². The first-order chi connectivity index (χ1) is 5.79. The van der Waals surface area contributed by atoms with Crippen LogP contribution in [0.2, 0.25) is 0 Å². The molecule has 0 aliphatic carbocycles. The second kappa shape index (κ2) is 13.8. The summed E-state index contributed by atoms with van der Waals surface area (Å²) in [7, 11) is 0. The second-order valence-corrected chi connectivity index (χ2v) is 2.15. The van der Waals surface area contributed by atoms with E-state index in [1.165, 1.54) is 11.1 Å². The summed E-state index contributed by atoms with van der Waals surface area (Å²) in [6.07, 6.45) is 0. The topological polar surface area (TPSA) is 0 Å². The molecule has 13 heavy (non-hydrogen) atoms. The van der Waals surface area contributed by atoms with Gasteiger partial charge in [-0.1, -0.05) is 70.5 Å². The van der Waals surface area contributed by atoms with E-state index >= 15 is 0 Å². The van der Waals surface area contributed by atoms with Gasteiger partial charge in [0, 0.05) is 0 Å². The third-order valence-corrected chi connectivity index (χ3v) is 1.22. The van der Waals surface area contributed by atoms with Gasteiger partial charge in [-0.3, -0.25) is 0 Å². The van der Waals surface area contributed by atoms with Crippen molar-refractivity contribution in [2.45, 2.75) is 49.0 Å². The highest BCUT2D eigenvalue weighted by Crippen LogP contribution is 1.99. The molecule has 0 aromatic heterocycles. The normalized spacial score (nSPS) is 6.62. The van der Waals surface area contributed by atoms with Crippen LogP contribution in [0.5, 0.6) is 0 Å². The third kappa shape index (κ3) is 11.2. The van der Waals surface area contributed by atoms with Crippen molar-refractivity contribution in [2.75, 3.05) is 0 Å². The fourth-order valence-corrected chi connectivity index (χ4v) is 0.637. The Balaban J connectivity index is -0.000000178. The molecule has 0 fully saturated rings. The number of hydrogen-bond acceptors (Lipinski definition) is 0. The first kappa shape index (κ1) is 18.1. The maximum atomic E-state index is 2.12. The van der Waals surface area contributed by atoms with E-state index < -0.39 is 0 Å². The Hall–Kier alpha value is -0.780. The Morgan fingerprint density at radius 2 is 0.769 bits per heavy atom. The molecule has 0 spiro atoms. The molecule has 1 rings (SSSR count). The van der Waals surface area contributed by atoms with Gasteiger partial charge in [0.25, 0.3) is 0 Å². The number of aryl methyl sites for hydroxylation is 2. The zero-order valence-corrected chi connectivity index (χ0v) is 9.31. The molecule has 0 heterocycles. The van der Waals surface area contributed by atoms with Crippen molar-refractivity contribution < 1.29 is 0 Å². The molecule has 0 saturated heterocycles. The van der Waals surface area contributed by atoms with E-state index in [1.54, 1.807) is 0 Å². The highest BCUT2D eigenvalue weighted by Gasteiger charge is 1.79. The van der Waals surface area contributed by atoms with Crippen LogP contribution in [0.15, 0.2) is 24.3 Å². The summed E-state index contributed by atoms with van der Waals surface area (Å²) in [5, 5.41) is 0. The van der Waals surface area contributed by atoms with Crippen molar-refractivity contribution in [1.82, 2.24) is 0 Å². The maximum Gasteiger partial charge on any atom is -0.0398 e. The molecule has 0 atom stereocenters. The van der Waals surface area contributed by atoms with Crippen molar-refractivity contribution >= 4 is 0 Å². The van der Waals surface area contributed by atoms with Crippen LogP contribution >= 0.6 is 0 Å². The van der Waals surface area contributed by atoms with E-state index in [2.05, 4.69) is 38.1 Å². The average Bonchev–Trinajstić information content (AvgIpc) is 2.17. The van der Waals surface area contributed by atoms with Gasteiger partial charge in [0.05, 0.1) is 0 Å².